The van der Waals surface area contributed by atoms with Gasteiger partial charge in [-0.2, -0.15) is 11.3 Å². The van der Waals surface area contributed by atoms with Crippen molar-refractivity contribution in [3.05, 3.63) is 38.0 Å². The van der Waals surface area contributed by atoms with Crippen LogP contribution in [0.2, 0.25) is 0 Å². The zero-order valence-corrected chi connectivity index (χ0v) is 13.6. The Morgan fingerprint density at radius 2 is 2.00 bits per heavy atom. The highest BCUT2D eigenvalue weighted by Gasteiger charge is 2.17. The molecule has 1 aromatic rings. The van der Waals surface area contributed by atoms with E-state index in [-0.39, 0.29) is 12.3 Å². The molecule has 0 atom stereocenters. The first-order valence-corrected chi connectivity index (χ1v) is 7.85. The van der Waals surface area contributed by atoms with Gasteiger partial charge in [-0.05, 0) is 48.7 Å². The van der Waals surface area contributed by atoms with E-state index in [1.165, 1.54) is 17.4 Å². The first-order chi connectivity index (χ1) is 10.7. The van der Waals surface area contributed by atoms with Crippen molar-refractivity contribution in [2.75, 3.05) is 19.8 Å². The molecule has 0 spiro atoms. The molecule has 0 aliphatic heterocycles. The summed E-state index contributed by atoms with van der Waals surface area (Å²) in [6, 6.07) is 0. The number of thiophene rings is 1. The topological polar surface area (TPSA) is 93.5 Å². The quantitative estimate of drug-likeness (QED) is 0.171. The van der Waals surface area contributed by atoms with Crippen molar-refractivity contribution < 1.29 is 19.0 Å². The number of hydrogen-bond donors (Lipinski definition) is 0. The maximum atomic E-state index is 11.8. The number of rotatable bonds is 9. The maximum Gasteiger partial charge on any atom is 0.340 e. The van der Waals surface area contributed by atoms with E-state index in [2.05, 4.69) is 10.0 Å². The second-order valence-corrected chi connectivity index (χ2v) is 4.71. The Labute approximate surface area is 133 Å². The molecule has 0 bridgehead atoms. The van der Waals surface area contributed by atoms with Gasteiger partial charge in [-0.3, -0.25) is 0 Å². The Kier molecular flexibility index (Phi) is 8.24. The molecule has 8 heteroatoms. The molecule has 1 rings (SSSR count). The maximum absolute atomic E-state index is 11.8. The standard InChI is InChI=1S/C14H19N3O4S/c1-4-19-13(18)12(16-17-15)7-10-8-22-9-11(10)14(20-5-2)21-6-3/h7-9,14H,4-6H2,1-3H3/b12-7-. The third-order valence-corrected chi connectivity index (χ3v) is 3.32. The largest absolute Gasteiger partial charge is 0.462 e. The number of nitrogens with zero attached hydrogens (tertiary/aromatic N) is 3. The average Bonchev–Trinajstić information content (AvgIpc) is 2.95. The number of hydrogen-bond acceptors (Lipinski definition) is 6. The molecule has 120 valence electrons. The lowest BCUT2D eigenvalue weighted by Gasteiger charge is -2.17. The van der Waals surface area contributed by atoms with Crippen molar-refractivity contribution in [1.29, 1.82) is 0 Å². The predicted octanol–water partition coefficient (Wildman–Crippen LogP) is 4.03. The van der Waals surface area contributed by atoms with Gasteiger partial charge < -0.3 is 14.2 Å². The summed E-state index contributed by atoms with van der Waals surface area (Å²) in [6.07, 6.45) is 0.955. The van der Waals surface area contributed by atoms with Gasteiger partial charge in [0.25, 0.3) is 0 Å². The van der Waals surface area contributed by atoms with Crippen LogP contribution in [0.4, 0.5) is 0 Å². The van der Waals surface area contributed by atoms with Gasteiger partial charge in [-0.25, -0.2) is 4.79 Å². The van der Waals surface area contributed by atoms with Crippen molar-refractivity contribution in [2.24, 2.45) is 5.11 Å². The number of ether oxygens (including phenoxy) is 3. The van der Waals surface area contributed by atoms with Crippen molar-refractivity contribution in [1.82, 2.24) is 0 Å². The molecule has 0 radical (unpaired) electrons. The van der Waals surface area contributed by atoms with E-state index >= 15 is 0 Å². The minimum Gasteiger partial charge on any atom is -0.462 e. The molecular weight excluding hydrogens is 306 g/mol. The molecule has 0 amide bonds. The van der Waals surface area contributed by atoms with E-state index in [9.17, 15) is 4.79 Å². The molecule has 0 N–H and O–H groups in total. The molecule has 0 aromatic carbocycles. The van der Waals surface area contributed by atoms with E-state index in [4.69, 9.17) is 19.7 Å². The third kappa shape index (κ3) is 5.16. The van der Waals surface area contributed by atoms with Crippen LogP contribution in [0.25, 0.3) is 16.5 Å². The van der Waals surface area contributed by atoms with Gasteiger partial charge in [0.15, 0.2) is 6.29 Å². The molecule has 0 aliphatic carbocycles. The van der Waals surface area contributed by atoms with Crippen LogP contribution in [0.15, 0.2) is 21.6 Å². The van der Waals surface area contributed by atoms with E-state index in [1.807, 2.05) is 24.6 Å². The predicted molar refractivity (Wildman–Crippen MR) is 84.1 cm³/mol. The Morgan fingerprint density at radius 1 is 1.32 bits per heavy atom. The zero-order valence-electron chi connectivity index (χ0n) is 12.8. The average molecular weight is 325 g/mol. The van der Waals surface area contributed by atoms with Crippen LogP contribution in [0, 0.1) is 0 Å². The normalized spacial score (nSPS) is 11.4. The van der Waals surface area contributed by atoms with Gasteiger partial charge in [0.05, 0.1) is 6.61 Å². The zero-order chi connectivity index (χ0) is 16.4. The highest BCUT2D eigenvalue weighted by Crippen LogP contribution is 2.28. The van der Waals surface area contributed by atoms with Crippen LogP contribution < -0.4 is 0 Å². The molecule has 1 aromatic heterocycles. The van der Waals surface area contributed by atoms with Gasteiger partial charge in [0, 0.05) is 23.7 Å². The van der Waals surface area contributed by atoms with E-state index in [0.717, 1.165) is 5.56 Å². The van der Waals surface area contributed by atoms with Crippen LogP contribution in [0.1, 0.15) is 38.2 Å². The van der Waals surface area contributed by atoms with Crippen LogP contribution in [0.5, 0.6) is 0 Å². The molecule has 1 heterocycles. The summed E-state index contributed by atoms with van der Waals surface area (Å²) < 4.78 is 16.0. The monoisotopic (exact) mass is 325 g/mol. The number of esters is 1. The molecule has 0 aliphatic rings. The molecule has 22 heavy (non-hydrogen) atoms. The lowest BCUT2D eigenvalue weighted by molar-refractivity contribution is -0.140. The molecule has 7 nitrogen and oxygen atoms in total. The highest BCUT2D eigenvalue weighted by molar-refractivity contribution is 7.08. The lowest BCUT2D eigenvalue weighted by Crippen LogP contribution is -2.10. The fourth-order valence-electron chi connectivity index (χ4n) is 1.69. The SMILES string of the molecule is CCOC(=O)/C(=C/c1cscc1C(OCC)OCC)N=[N+]=[N-]. The van der Waals surface area contributed by atoms with Gasteiger partial charge >= 0.3 is 5.97 Å². The summed E-state index contributed by atoms with van der Waals surface area (Å²) in [5.41, 5.74) is 9.97. The molecular formula is C14H19N3O4S. The highest BCUT2D eigenvalue weighted by atomic mass is 32.1. The Morgan fingerprint density at radius 3 is 2.55 bits per heavy atom. The smallest absolute Gasteiger partial charge is 0.340 e. The van der Waals surface area contributed by atoms with Crippen LogP contribution in [-0.4, -0.2) is 25.8 Å². The Bertz CT molecular complexity index is 558. The summed E-state index contributed by atoms with van der Waals surface area (Å²) >= 11 is 1.44. The van der Waals surface area contributed by atoms with Crippen LogP contribution in [-0.2, 0) is 19.0 Å². The summed E-state index contributed by atoms with van der Waals surface area (Å²) in [5, 5.41) is 7.10. The van der Waals surface area contributed by atoms with Crippen molar-refractivity contribution in [3.63, 3.8) is 0 Å². The second-order valence-electron chi connectivity index (χ2n) is 3.96. The van der Waals surface area contributed by atoms with Crippen molar-refractivity contribution in [3.8, 4) is 0 Å². The summed E-state index contributed by atoms with van der Waals surface area (Å²) in [4.78, 5) is 14.4. The molecule has 0 fully saturated rings. The minimum absolute atomic E-state index is 0.101. The molecule has 0 saturated heterocycles. The number of carbonyl (C=O) groups excluding carboxylic acids is 1. The van der Waals surface area contributed by atoms with E-state index < -0.39 is 12.3 Å². The lowest BCUT2D eigenvalue weighted by atomic mass is 10.1. The van der Waals surface area contributed by atoms with Gasteiger partial charge in [0.2, 0.25) is 0 Å². The minimum atomic E-state index is -0.665. The van der Waals surface area contributed by atoms with Crippen LogP contribution >= 0.6 is 11.3 Å². The summed E-state index contributed by atoms with van der Waals surface area (Å²) in [5.74, 6) is -0.665. The van der Waals surface area contributed by atoms with Gasteiger partial charge in [0.1, 0.15) is 5.70 Å². The van der Waals surface area contributed by atoms with Crippen molar-refractivity contribution >= 4 is 23.4 Å². The molecule has 0 unspecified atom stereocenters. The van der Waals surface area contributed by atoms with Crippen LogP contribution in [0.3, 0.4) is 0 Å². The Hall–Kier alpha value is -1.86. The molecule has 0 saturated carbocycles. The first-order valence-electron chi connectivity index (χ1n) is 6.91. The Balaban J connectivity index is 3.14. The fourth-order valence-corrected chi connectivity index (χ4v) is 2.50. The summed E-state index contributed by atoms with van der Waals surface area (Å²) in [6.45, 7) is 6.61. The number of azide groups is 1. The first kappa shape index (κ1) is 18.2. The van der Waals surface area contributed by atoms with Gasteiger partial charge in [-0.15, -0.1) is 0 Å². The van der Waals surface area contributed by atoms with E-state index in [1.54, 1.807) is 6.92 Å². The summed E-state index contributed by atoms with van der Waals surface area (Å²) in [7, 11) is 0. The third-order valence-electron chi connectivity index (χ3n) is 2.54. The van der Waals surface area contributed by atoms with Gasteiger partial charge in [-0.1, -0.05) is 5.11 Å². The second kappa shape index (κ2) is 9.97. The van der Waals surface area contributed by atoms with Crippen molar-refractivity contribution in [2.45, 2.75) is 27.1 Å². The fraction of sp³-hybridized carbons (Fsp3) is 0.500. The number of carbonyl (C=O) groups is 1. The van der Waals surface area contributed by atoms with E-state index in [0.29, 0.717) is 18.8 Å².